The summed E-state index contributed by atoms with van der Waals surface area (Å²) in [5.74, 6) is 0.128. The van der Waals surface area contributed by atoms with Crippen LogP contribution in [0.4, 0.5) is 4.39 Å². The Kier molecular flexibility index (Phi) is 2.44. The predicted molar refractivity (Wildman–Crippen MR) is 67.1 cm³/mol. The maximum atomic E-state index is 13.1. The molecule has 0 fully saturated rings. The van der Waals surface area contributed by atoms with E-state index in [0.29, 0.717) is 17.0 Å². The summed E-state index contributed by atoms with van der Waals surface area (Å²) < 4.78 is 19.6. The van der Waals surface area contributed by atoms with Crippen LogP contribution in [0, 0.1) is 5.82 Å². The van der Waals surface area contributed by atoms with Crippen molar-refractivity contribution in [1.29, 1.82) is 0 Å². The average molecular weight is 292 g/mol. The van der Waals surface area contributed by atoms with Gasteiger partial charge in [0.2, 0.25) is 5.89 Å². The molecule has 0 atom stereocenters. The van der Waals surface area contributed by atoms with Crippen LogP contribution in [0.15, 0.2) is 51.4 Å². The molecule has 3 aromatic rings. The number of benzene rings is 2. The molecule has 1 heterocycles. The Morgan fingerprint density at radius 2 is 2.00 bits per heavy atom. The van der Waals surface area contributed by atoms with Gasteiger partial charge >= 0.3 is 0 Å². The summed E-state index contributed by atoms with van der Waals surface area (Å²) in [5, 5.41) is 0. The number of nitrogens with zero attached hydrogens (tertiary/aromatic N) is 1. The lowest BCUT2D eigenvalue weighted by Gasteiger charge is -1.93. The molecular weight excluding hydrogens is 285 g/mol. The summed E-state index contributed by atoms with van der Waals surface area (Å²) in [6.07, 6.45) is 0. The molecule has 0 bridgehead atoms. The fourth-order valence-electron chi connectivity index (χ4n) is 1.64. The van der Waals surface area contributed by atoms with Gasteiger partial charge in [0.15, 0.2) is 5.58 Å². The minimum absolute atomic E-state index is 0.300. The monoisotopic (exact) mass is 291 g/mol. The molecule has 0 spiro atoms. The van der Waals surface area contributed by atoms with Gasteiger partial charge in [-0.25, -0.2) is 9.37 Å². The minimum atomic E-state index is -0.300. The van der Waals surface area contributed by atoms with E-state index in [1.165, 1.54) is 12.1 Å². The van der Waals surface area contributed by atoms with Crippen molar-refractivity contribution < 1.29 is 8.81 Å². The van der Waals surface area contributed by atoms with Crippen LogP contribution >= 0.6 is 15.9 Å². The van der Waals surface area contributed by atoms with Crippen molar-refractivity contribution in [3.63, 3.8) is 0 Å². The highest BCUT2D eigenvalue weighted by Crippen LogP contribution is 2.26. The van der Waals surface area contributed by atoms with Gasteiger partial charge in [-0.3, -0.25) is 0 Å². The number of rotatable bonds is 1. The maximum absolute atomic E-state index is 13.1. The van der Waals surface area contributed by atoms with Crippen molar-refractivity contribution >= 4 is 27.0 Å². The molecule has 0 saturated heterocycles. The first-order chi connectivity index (χ1) is 8.22. The third kappa shape index (κ3) is 1.96. The zero-order chi connectivity index (χ0) is 11.8. The number of halogens is 2. The van der Waals surface area contributed by atoms with Gasteiger partial charge in [-0.05, 0) is 36.4 Å². The Morgan fingerprint density at radius 1 is 1.12 bits per heavy atom. The molecule has 17 heavy (non-hydrogen) atoms. The van der Waals surface area contributed by atoms with Crippen molar-refractivity contribution in [2.75, 3.05) is 0 Å². The number of hydrogen-bond acceptors (Lipinski definition) is 2. The molecule has 0 saturated carbocycles. The van der Waals surface area contributed by atoms with Crippen LogP contribution < -0.4 is 0 Å². The lowest BCUT2D eigenvalue weighted by Crippen LogP contribution is -1.78. The first-order valence-electron chi connectivity index (χ1n) is 5.04. The highest BCUT2D eigenvalue weighted by atomic mass is 79.9. The van der Waals surface area contributed by atoms with Crippen LogP contribution in [0.25, 0.3) is 22.6 Å². The molecule has 0 unspecified atom stereocenters. The summed E-state index contributed by atoms with van der Waals surface area (Å²) in [4.78, 5) is 4.31. The maximum Gasteiger partial charge on any atom is 0.227 e. The van der Waals surface area contributed by atoms with Crippen LogP contribution in [-0.4, -0.2) is 4.98 Å². The van der Waals surface area contributed by atoms with E-state index in [4.69, 9.17) is 4.42 Å². The van der Waals surface area contributed by atoms with Crippen LogP contribution in [0.2, 0.25) is 0 Å². The van der Waals surface area contributed by atoms with E-state index in [9.17, 15) is 4.39 Å². The quantitative estimate of drug-likeness (QED) is 0.664. The topological polar surface area (TPSA) is 26.0 Å². The summed E-state index contributed by atoms with van der Waals surface area (Å²) in [7, 11) is 0. The molecule has 3 rings (SSSR count). The summed E-state index contributed by atoms with van der Waals surface area (Å²) in [6, 6.07) is 11.8. The van der Waals surface area contributed by atoms with E-state index in [0.717, 1.165) is 9.99 Å². The van der Waals surface area contributed by atoms with Gasteiger partial charge in [0.05, 0.1) is 0 Å². The SMILES string of the molecule is Fc1cccc(-c2nc3ccc(Br)cc3o2)c1. The van der Waals surface area contributed by atoms with E-state index in [-0.39, 0.29) is 5.82 Å². The average Bonchev–Trinajstić information content (AvgIpc) is 2.72. The Balaban J connectivity index is 2.18. The molecule has 84 valence electrons. The van der Waals surface area contributed by atoms with Crippen molar-refractivity contribution in [2.24, 2.45) is 0 Å². The highest BCUT2D eigenvalue weighted by molar-refractivity contribution is 9.10. The van der Waals surface area contributed by atoms with E-state index in [1.807, 2.05) is 18.2 Å². The molecule has 0 aliphatic carbocycles. The number of aromatic nitrogens is 1. The number of hydrogen-bond donors (Lipinski definition) is 0. The van der Waals surface area contributed by atoms with Crippen LogP contribution in [0.3, 0.4) is 0 Å². The van der Waals surface area contributed by atoms with Gasteiger partial charge in [0, 0.05) is 10.0 Å². The molecule has 0 aliphatic heterocycles. The van der Waals surface area contributed by atoms with E-state index in [1.54, 1.807) is 12.1 Å². The lowest BCUT2D eigenvalue weighted by atomic mass is 10.2. The second-order valence-corrected chi connectivity index (χ2v) is 4.56. The first kappa shape index (κ1) is 10.5. The molecule has 2 aromatic carbocycles. The van der Waals surface area contributed by atoms with Crippen molar-refractivity contribution in [1.82, 2.24) is 4.98 Å². The standard InChI is InChI=1S/C13H7BrFNO/c14-9-4-5-11-12(7-9)17-13(16-11)8-2-1-3-10(15)6-8/h1-7H. The van der Waals surface area contributed by atoms with Crippen LogP contribution in [-0.2, 0) is 0 Å². The molecule has 2 nitrogen and oxygen atoms in total. The van der Waals surface area contributed by atoms with Crippen LogP contribution in [0.5, 0.6) is 0 Å². The minimum Gasteiger partial charge on any atom is -0.436 e. The fourth-order valence-corrected chi connectivity index (χ4v) is 1.98. The first-order valence-corrected chi connectivity index (χ1v) is 5.84. The molecule has 4 heteroatoms. The highest BCUT2D eigenvalue weighted by Gasteiger charge is 2.08. The van der Waals surface area contributed by atoms with Crippen molar-refractivity contribution in [2.45, 2.75) is 0 Å². The number of oxazole rings is 1. The molecule has 0 N–H and O–H groups in total. The molecule has 1 aromatic heterocycles. The van der Waals surface area contributed by atoms with Crippen LogP contribution in [0.1, 0.15) is 0 Å². The van der Waals surface area contributed by atoms with Gasteiger partial charge in [-0.1, -0.05) is 22.0 Å². The van der Waals surface area contributed by atoms with E-state index < -0.39 is 0 Å². The normalized spacial score (nSPS) is 10.9. The number of fused-ring (bicyclic) bond motifs is 1. The predicted octanol–water partition coefficient (Wildman–Crippen LogP) is 4.40. The molecular formula is C13H7BrFNO. The third-order valence-electron chi connectivity index (χ3n) is 2.42. The third-order valence-corrected chi connectivity index (χ3v) is 2.92. The van der Waals surface area contributed by atoms with Gasteiger partial charge in [-0.2, -0.15) is 0 Å². The lowest BCUT2D eigenvalue weighted by molar-refractivity contribution is 0.611. The summed E-state index contributed by atoms with van der Waals surface area (Å²) in [6.45, 7) is 0. The molecule has 0 amide bonds. The van der Waals surface area contributed by atoms with E-state index in [2.05, 4.69) is 20.9 Å². The summed E-state index contributed by atoms with van der Waals surface area (Å²) in [5.41, 5.74) is 2.07. The summed E-state index contributed by atoms with van der Waals surface area (Å²) >= 11 is 3.36. The zero-order valence-corrected chi connectivity index (χ0v) is 10.2. The van der Waals surface area contributed by atoms with Gasteiger partial charge in [0.25, 0.3) is 0 Å². The van der Waals surface area contributed by atoms with Crippen molar-refractivity contribution in [3.05, 3.63) is 52.8 Å². The van der Waals surface area contributed by atoms with Crippen molar-refractivity contribution in [3.8, 4) is 11.5 Å². The fraction of sp³-hybridized carbons (Fsp3) is 0. The Bertz CT molecular complexity index is 693. The second kappa shape index (κ2) is 3.96. The smallest absolute Gasteiger partial charge is 0.227 e. The van der Waals surface area contributed by atoms with Gasteiger partial charge in [0.1, 0.15) is 11.3 Å². The van der Waals surface area contributed by atoms with E-state index >= 15 is 0 Å². The second-order valence-electron chi connectivity index (χ2n) is 3.64. The Hall–Kier alpha value is -1.68. The van der Waals surface area contributed by atoms with Gasteiger partial charge in [-0.15, -0.1) is 0 Å². The van der Waals surface area contributed by atoms with Gasteiger partial charge < -0.3 is 4.42 Å². The Labute approximate surface area is 105 Å². The molecule has 0 radical (unpaired) electrons. The molecule has 0 aliphatic rings. The zero-order valence-electron chi connectivity index (χ0n) is 8.65. The largest absolute Gasteiger partial charge is 0.436 e. The Morgan fingerprint density at radius 3 is 2.82 bits per heavy atom.